The first-order chi connectivity index (χ1) is 14.7. The average molecular weight is 397 g/mol. The number of nitrogens with zero attached hydrogens (tertiary/aromatic N) is 2. The van der Waals surface area contributed by atoms with E-state index >= 15 is 0 Å². The molecule has 1 heterocycles. The Labute approximate surface area is 172 Å². The molecule has 4 rings (SSSR count). The normalized spacial score (nSPS) is 12.2. The molecule has 6 nitrogen and oxygen atoms in total. The molecule has 0 unspecified atom stereocenters. The third-order valence-corrected chi connectivity index (χ3v) is 4.66. The van der Waals surface area contributed by atoms with Crippen molar-refractivity contribution < 1.29 is 9.62 Å². The van der Waals surface area contributed by atoms with E-state index in [1.165, 1.54) is 0 Å². The summed E-state index contributed by atoms with van der Waals surface area (Å²) in [4.78, 5) is 12.5. The highest BCUT2D eigenvalue weighted by atomic mass is 16.4. The zero-order valence-electron chi connectivity index (χ0n) is 16.2. The lowest BCUT2D eigenvalue weighted by Crippen LogP contribution is -2.14. The molecule has 0 aliphatic rings. The number of rotatable bonds is 5. The van der Waals surface area contributed by atoms with E-state index in [0.29, 0.717) is 28.3 Å². The fourth-order valence-corrected chi connectivity index (χ4v) is 3.12. The third-order valence-electron chi connectivity index (χ3n) is 4.66. The standard InChI is InChI=1S/C24H19N3O3/c1-16(27-29)23(18-10-6-3-7-11-18)26-25-20-13-12-19-14-21(17-8-4-2-5-9-17)24(28)30-22(19)15-20/h2-15,25,29H,1H3. The number of hydrogen-bond acceptors (Lipinski definition) is 6. The number of hydrazone groups is 1. The summed E-state index contributed by atoms with van der Waals surface area (Å²) in [6, 6.07) is 26.0. The van der Waals surface area contributed by atoms with Crippen LogP contribution in [0.25, 0.3) is 22.1 Å². The van der Waals surface area contributed by atoms with Crippen molar-refractivity contribution in [3.8, 4) is 11.1 Å². The lowest BCUT2D eigenvalue weighted by molar-refractivity contribution is 0.320. The van der Waals surface area contributed by atoms with Gasteiger partial charge in [-0.2, -0.15) is 5.10 Å². The molecule has 30 heavy (non-hydrogen) atoms. The molecule has 0 radical (unpaired) electrons. The van der Waals surface area contributed by atoms with Crippen LogP contribution in [0.1, 0.15) is 12.5 Å². The molecule has 148 valence electrons. The van der Waals surface area contributed by atoms with Crippen molar-refractivity contribution >= 4 is 28.1 Å². The summed E-state index contributed by atoms with van der Waals surface area (Å²) in [5.41, 5.74) is 6.64. The van der Waals surface area contributed by atoms with Gasteiger partial charge in [-0.25, -0.2) is 4.79 Å². The van der Waals surface area contributed by atoms with Gasteiger partial charge in [0.05, 0.1) is 11.3 Å². The lowest BCUT2D eigenvalue weighted by atomic mass is 10.1. The first-order valence-corrected chi connectivity index (χ1v) is 9.37. The van der Waals surface area contributed by atoms with Crippen LogP contribution in [-0.4, -0.2) is 16.6 Å². The first kappa shape index (κ1) is 19.1. The van der Waals surface area contributed by atoms with Crippen LogP contribution in [0.2, 0.25) is 0 Å². The first-order valence-electron chi connectivity index (χ1n) is 9.37. The predicted octanol–water partition coefficient (Wildman–Crippen LogP) is 5.13. The van der Waals surface area contributed by atoms with E-state index in [0.717, 1.165) is 16.5 Å². The summed E-state index contributed by atoms with van der Waals surface area (Å²) in [7, 11) is 0. The monoisotopic (exact) mass is 397 g/mol. The molecule has 0 aliphatic carbocycles. The van der Waals surface area contributed by atoms with Crippen LogP contribution >= 0.6 is 0 Å². The van der Waals surface area contributed by atoms with Gasteiger partial charge in [-0.15, -0.1) is 0 Å². The van der Waals surface area contributed by atoms with Crippen molar-refractivity contribution in [3.05, 3.63) is 101 Å². The van der Waals surface area contributed by atoms with Gasteiger partial charge < -0.3 is 9.62 Å². The Morgan fingerprint density at radius 2 is 1.63 bits per heavy atom. The second-order valence-corrected chi connectivity index (χ2v) is 6.69. The van der Waals surface area contributed by atoms with E-state index in [2.05, 4.69) is 15.7 Å². The maximum absolute atomic E-state index is 12.5. The van der Waals surface area contributed by atoms with E-state index in [1.807, 2.05) is 78.9 Å². The molecule has 0 atom stereocenters. The van der Waals surface area contributed by atoms with Gasteiger partial charge in [0.15, 0.2) is 0 Å². The summed E-state index contributed by atoms with van der Waals surface area (Å²) >= 11 is 0. The summed E-state index contributed by atoms with van der Waals surface area (Å²) in [5.74, 6) is 0. The number of hydrogen-bond donors (Lipinski definition) is 2. The molecule has 0 saturated heterocycles. The molecule has 0 spiro atoms. The van der Waals surface area contributed by atoms with Gasteiger partial charge >= 0.3 is 5.63 Å². The molecule has 0 amide bonds. The van der Waals surface area contributed by atoms with Crippen molar-refractivity contribution in [2.75, 3.05) is 5.43 Å². The highest BCUT2D eigenvalue weighted by Gasteiger charge is 2.10. The summed E-state index contributed by atoms with van der Waals surface area (Å²) in [6.45, 7) is 1.66. The quantitative estimate of drug-likeness (QED) is 0.212. The second kappa shape index (κ2) is 8.45. The van der Waals surface area contributed by atoms with Crippen LogP contribution in [0, 0.1) is 0 Å². The summed E-state index contributed by atoms with van der Waals surface area (Å²) in [5, 5.41) is 17.6. The van der Waals surface area contributed by atoms with Gasteiger partial charge in [-0.05, 0) is 30.7 Å². The van der Waals surface area contributed by atoms with Crippen molar-refractivity contribution in [2.24, 2.45) is 10.3 Å². The minimum absolute atomic E-state index is 0.369. The molecule has 6 heteroatoms. The maximum atomic E-state index is 12.5. The van der Waals surface area contributed by atoms with Crippen LogP contribution in [0.15, 0.2) is 104 Å². The smallest absolute Gasteiger partial charge is 0.344 e. The van der Waals surface area contributed by atoms with Gasteiger partial charge in [-0.3, -0.25) is 5.43 Å². The minimum atomic E-state index is -0.400. The molecule has 1 aromatic heterocycles. The van der Waals surface area contributed by atoms with Crippen molar-refractivity contribution in [1.82, 2.24) is 0 Å². The number of benzene rings is 3. The van der Waals surface area contributed by atoms with E-state index in [-0.39, 0.29) is 0 Å². The Balaban J connectivity index is 1.68. The number of anilines is 1. The highest BCUT2D eigenvalue weighted by molar-refractivity contribution is 6.47. The molecule has 0 bridgehead atoms. The maximum Gasteiger partial charge on any atom is 0.344 e. The zero-order valence-corrected chi connectivity index (χ0v) is 16.2. The highest BCUT2D eigenvalue weighted by Crippen LogP contribution is 2.23. The minimum Gasteiger partial charge on any atom is -0.422 e. The van der Waals surface area contributed by atoms with E-state index in [9.17, 15) is 10.0 Å². The van der Waals surface area contributed by atoms with Gasteiger partial charge in [-0.1, -0.05) is 65.8 Å². The predicted molar refractivity (Wildman–Crippen MR) is 119 cm³/mol. The Hall–Kier alpha value is -4.19. The van der Waals surface area contributed by atoms with E-state index in [4.69, 9.17) is 4.42 Å². The van der Waals surface area contributed by atoms with E-state index in [1.54, 1.807) is 13.0 Å². The SMILES string of the molecule is CC(=NO)C(=NNc1ccc2cc(-c3ccccc3)c(=O)oc2c1)c1ccccc1. The van der Waals surface area contributed by atoms with Crippen LogP contribution in [0.3, 0.4) is 0 Å². The fourth-order valence-electron chi connectivity index (χ4n) is 3.12. The van der Waals surface area contributed by atoms with Crippen LogP contribution < -0.4 is 11.1 Å². The summed E-state index contributed by atoms with van der Waals surface area (Å²) < 4.78 is 5.54. The molecule has 0 saturated carbocycles. The molecular weight excluding hydrogens is 378 g/mol. The lowest BCUT2D eigenvalue weighted by Gasteiger charge is -2.08. The zero-order chi connectivity index (χ0) is 20.9. The Bertz CT molecular complexity index is 1290. The van der Waals surface area contributed by atoms with Gasteiger partial charge in [0.25, 0.3) is 0 Å². The van der Waals surface area contributed by atoms with Gasteiger partial charge in [0.2, 0.25) is 0 Å². The molecule has 0 fully saturated rings. The Morgan fingerprint density at radius 3 is 2.33 bits per heavy atom. The Morgan fingerprint density at radius 1 is 0.933 bits per heavy atom. The molecular formula is C24H19N3O3. The number of fused-ring (bicyclic) bond motifs is 1. The van der Waals surface area contributed by atoms with Crippen molar-refractivity contribution in [2.45, 2.75) is 6.92 Å². The summed E-state index contributed by atoms with van der Waals surface area (Å²) in [6.07, 6.45) is 0. The molecule has 0 aliphatic heterocycles. The largest absolute Gasteiger partial charge is 0.422 e. The van der Waals surface area contributed by atoms with Gasteiger partial charge in [0.1, 0.15) is 17.0 Å². The van der Waals surface area contributed by atoms with Crippen LogP contribution in [0.4, 0.5) is 5.69 Å². The second-order valence-electron chi connectivity index (χ2n) is 6.69. The van der Waals surface area contributed by atoms with E-state index < -0.39 is 5.63 Å². The van der Waals surface area contributed by atoms with Crippen molar-refractivity contribution in [1.29, 1.82) is 0 Å². The third kappa shape index (κ3) is 3.98. The molecule has 4 aromatic rings. The fraction of sp³-hybridized carbons (Fsp3) is 0.0417. The van der Waals surface area contributed by atoms with Crippen LogP contribution in [0.5, 0.6) is 0 Å². The van der Waals surface area contributed by atoms with Crippen molar-refractivity contribution in [3.63, 3.8) is 0 Å². The van der Waals surface area contributed by atoms with Gasteiger partial charge in [0, 0.05) is 17.0 Å². The van der Waals surface area contributed by atoms with Crippen LogP contribution in [-0.2, 0) is 0 Å². The number of oxime groups is 1. The molecule has 2 N–H and O–H groups in total. The topological polar surface area (TPSA) is 87.2 Å². The average Bonchev–Trinajstić information content (AvgIpc) is 2.79. The number of nitrogens with one attached hydrogen (secondary N) is 1. The molecule has 3 aromatic carbocycles. The Kier molecular flexibility index (Phi) is 5.39.